The van der Waals surface area contributed by atoms with Gasteiger partial charge in [0.25, 0.3) is 0 Å². The number of anilines is 2. The van der Waals surface area contributed by atoms with Crippen LogP contribution in [0.1, 0.15) is 24.3 Å². The largest absolute Gasteiger partial charge is 0.324 e. The number of carbonyl (C=O) groups is 3. The average Bonchev–Trinajstić information content (AvgIpc) is 3.26. The van der Waals surface area contributed by atoms with Crippen molar-refractivity contribution in [3.63, 3.8) is 0 Å². The molecule has 2 aliphatic rings. The molecule has 3 aromatic rings. The molecule has 186 valence electrons. The summed E-state index contributed by atoms with van der Waals surface area (Å²) >= 11 is 14.2. The molecule has 0 unspecified atom stereocenters. The summed E-state index contributed by atoms with van der Waals surface area (Å²) in [6.45, 7) is 5.45. The standard InChI is InChI=1S/C25H21Cl2N3O4S2/c1-12-4-7-14(8-5-12)30-21(32)18-19(22(30)33)35-23-20(25(18,2)3)36-24(34)29(23)11-17(31)28-13-6-9-15(26)16(27)10-13/h4-10,18-19H,11H2,1-3H3,(H,28,31)/t18-,19+/m1/s1. The Balaban J connectivity index is 1.46. The molecule has 5 rings (SSSR count). The highest BCUT2D eigenvalue weighted by atomic mass is 35.5. The lowest BCUT2D eigenvalue weighted by Crippen LogP contribution is -2.41. The van der Waals surface area contributed by atoms with Crippen LogP contribution < -0.4 is 15.1 Å². The maximum atomic E-state index is 13.5. The van der Waals surface area contributed by atoms with Crippen LogP contribution in [-0.4, -0.2) is 27.5 Å². The zero-order valence-corrected chi connectivity index (χ0v) is 22.6. The van der Waals surface area contributed by atoms with Crippen molar-refractivity contribution in [2.24, 2.45) is 5.92 Å². The van der Waals surface area contributed by atoms with Crippen molar-refractivity contribution in [3.05, 3.63) is 72.6 Å². The van der Waals surface area contributed by atoms with Crippen LogP contribution in [0.25, 0.3) is 0 Å². The smallest absolute Gasteiger partial charge is 0.308 e. The molecule has 2 atom stereocenters. The van der Waals surface area contributed by atoms with Gasteiger partial charge >= 0.3 is 4.87 Å². The highest BCUT2D eigenvalue weighted by Crippen LogP contribution is 2.54. The van der Waals surface area contributed by atoms with Crippen LogP contribution in [0.15, 0.2) is 52.3 Å². The van der Waals surface area contributed by atoms with E-state index in [0.29, 0.717) is 31.3 Å². The molecule has 3 amide bonds. The van der Waals surface area contributed by atoms with E-state index in [9.17, 15) is 19.2 Å². The third-order valence-electron chi connectivity index (χ3n) is 6.50. The fourth-order valence-corrected chi connectivity index (χ4v) is 7.97. The minimum absolute atomic E-state index is 0.241. The molecule has 2 aromatic carbocycles. The zero-order chi connectivity index (χ0) is 25.9. The number of imide groups is 1. The quantitative estimate of drug-likeness (QED) is 0.447. The summed E-state index contributed by atoms with van der Waals surface area (Å²) in [6, 6.07) is 12.0. The summed E-state index contributed by atoms with van der Waals surface area (Å²) < 4.78 is 1.38. The molecule has 0 radical (unpaired) electrons. The number of aryl methyl sites for hydroxylation is 1. The van der Waals surface area contributed by atoms with Gasteiger partial charge in [0.05, 0.1) is 26.7 Å². The molecule has 0 saturated carbocycles. The van der Waals surface area contributed by atoms with E-state index in [1.54, 1.807) is 24.3 Å². The molecular formula is C25H21Cl2N3O4S2. The number of halogens is 2. The number of benzene rings is 2. The lowest BCUT2D eigenvalue weighted by molar-refractivity contribution is -0.123. The van der Waals surface area contributed by atoms with Gasteiger partial charge in [-0.3, -0.25) is 23.7 Å². The van der Waals surface area contributed by atoms with Crippen LogP contribution in [0.3, 0.4) is 0 Å². The molecule has 3 heterocycles. The fourth-order valence-electron chi connectivity index (χ4n) is 4.63. The third kappa shape index (κ3) is 4.08. The van der Waals surface area contributed by atoms with Gasteiger partial charge in [-0.1, -0.05) is 77.8 Å². The van der Waals surface area contributed by atoms with Crippen LogP contribution in [0, 0.1) is 12.8 Å². The number of hydrogen-bond donors (Lipinski definition) is 1. The van der Waals surface area contributed by atoms with Crippen molar-refractivity contribution >= 4 is 75.4 Å². The monoisotopic (exact) mass is 561 g/mol. The first-order valence-corrected chi connectivity index (χ1v) is 13.5. The Labute approximate surface area is 225 Å². The Morgan fingerprint density at radius 1 is 1.03 bits per heavy atom. The van der Waals surface area contributed by atoms with E-state index in [1.165, 1.54) is 27.3 Å². The summed E-state index contributed by atoms with van der Waals surface area (Å²) in [5, 5.41) is 3.24. The molecule has 1 saturated heterocycles. The van der Waals surface area contributed by atoms with Crippen molar-refractivity contribution in [1.82, 2.24) is 4.57 Å². The molecular weight excluding hydrogens is 541 g/mol. The predicted octanol–water partition coefficient (Wildman–Crippen LogP) is 5.11. The van der Waals surface area contributed by atoms with Gasteiger partial charge in [-0.05, 0) is 37.3 Å². The lowest BCUT2D eigenvalue weighted by atomic mass is 9.76. The van der Waals surface area contributed by atoms with Crippen LogP contribution in [-0.2, 0) is 26.3 Å². The number of thioether (sulfide) groups is 1. The summed E-state index contributed by atoms with van der Waals surface area (Å²) in [7, 11) is 0. The predicted molar refractivity (Wildman–Crippen MR) is 144 cm³/mol. The second-order valence-corrected chi connectivity index (χ2v) is 12.3. The van der Waals surface area contributed by atoms with Gasteiger partial charge in [0.2, 0.25) is 17.7 Å². The Hall–Kier alpha value is -2.59. The van der Waals surface area contributed by atoms with E-state index < -0.39 is 22.5 Å². The Bertz CT molecular complexity index is 1480. The normalized spacial score (nSPS) is 20.3. The van der Waals surface area contributed by atoms with Crippen LogP contribution in [0.2, 0.25) is 10.0 Å². The van der Waals surface area contributed by atoms with E-state index >= 15 is 0 Å². The molecule has 1 N–H and O–H groups in total. The molecule has 2 aliphatic heterocycles. The van der Waals surface area contributed by atoms with E-state index in [4.69, 9.17) is 23.2 Å². The molecule has 0 spiro atoms. The van der Waals surface area contributed by atoms with Crippen molar-refractivity contribution in [3.8, 4) is 0 Å². The molecule has 0 aliphatic carbocycles. The van der Waals surface area contributed by atoms with Gasteiger partial charge in [0.15, 0.2) is 0 Å². The second-order valence-electron chi connectivity index (χ2n) is 9.35. The molecule has 1 fully saturated rings. The van der Waals surface area contributed by atoms with Crippen LogP contribution in [0.4, 0.5) is 11.4 Å². The minimum atomic E-state index is -0.771. The van der Waals surface area contributed by atoms with Gasteiger partial charge < -0.3 is 5.32 Å². The maximum absolute atomic E-state index is 13.5. The topological polar surface area (TPSA) is 88.5 Å². The number of hydrogen-bond acceptors (Lipinski definition) is 6. The number of amides is 3. The van der Waals surface area contributed by atoms with Gasteiger partial charge in [-0.25, -0.2) is 4.90 Å². The van der Waals surface area contributed by atoms with Gasteiger partial charge in [-0.2, -0.15) is 0 Å². The highest BCUT2D eigenvalue weighted by Gasteiger charge is 2.59. The first-order valence-electron chi connectivity index (χ1n) is 11.1. The first kappa shape index (κ1) is 25.1. The highest BCUT2D eigenvalue weighted by molar-refractivity contribution is 8.00. The number of fused-ring (bicyclic) bond motifs is 2. The van der Waals surface area contributed by atoms with Crippen molar-refractivity contribution < 1.29 is 14.4 Å². The summed E-state index contributed by atoms with van der Waals surface area (Å²) in [4.78, 5) is 54.4. The van der Waals surface area contributed by atoms with Crippen LogP contribution >= 0.6 is 46.3 Å². The molecule has 1 aromatic heterocycles. The minimum Gasteiger partial charge on any atom is -0.324 e. The number of thiazole rings is 1. The maximum Gasteiger partial charge on any atom is 0.308 e. The van der Waals surface area contributed by atoms with Gasteiger partial charge in [-0.15, -0.1) is 0 Å². The number of aromatic nitrogens is 1. The Morgan fingerprint density at radius 3 is 2.39 bits per heavy atom. The van der Waals surface area contributed by atoms with Crippen molar-refractivity contribution in [2.75, 3.05) is 10.2 Å². The molecule has 0 bridgehead atoms. The average molecular weight is 563 g/mol. The van der Waals surface area contributed by atoms with E-state index in [0.717, 1.165) is 16.9 Å². The summed E-state index contributed by atoms with van der Waals surface area (Å²) in [5.41, 5.74) is 1.23. The summed E-state index contributed by atoms with van der Waals surface area (Å²) in [5.74, 6) is -1.64. The number of nitrogens with one attached hydrogen (secondary N) is 1. The Morgan fingerprint density at radius 2 is 1.72 bits per heavy atom. The van der Waals surface area contributed by atoms with Gasteiger partial charge in [0.1, 0.15) is 11.8 Å². The Kier molecular flexibility index (Phi) is 6.31. The second kappa shape index (κ2) is 9.06. The molecule has 11 heteroatoms. The van der Waals surface area contributed by atoms with Crippen LogP contribution in [0.5, 0.6) is 0 Å². The van der Waals surface area contributed by atoms with Gasteiger partial charge in [0, 0.05) is 16.0 Å². The third-order valence-corrected chi connectivity index (χ3v) is 10.1. The number of rotatable bonds is 4. The van der Waals surface area contributed by atoms with E-state index in [2.05, 4.69) is 5.32 Å². The SMILES string of the molecule is Cc1ccc(N2C(=O)[C@H]3Sc4c(sc(=O)n4CC(=O)Nc4ccc(Cl)c(Cl)c4)C(C)(C)[C@H]3C2=O)cc1. The van der Waals surface area contributed by atoms with Crippen molar-refractivity contribution in [2.45, 2.75) is 43.0 Å². The number of nitrogens with zero attached hydrogens (tertiary/aromatic N) is 2. The van der Waals surface area contributed by atoms with E-state index in [-0.39, 0.29) is 23.2 Å². The van der Waals surface area contributed by atoms with E-state index in [1.807, 2.05) is 32.9 Å². The van der Waals surface area contributed by atoms with Crippen molar-refractivity contribution in [1.29, 1.82) is 0 Å². The first-order chi connectivity index (χ1) is 17.0. The zero-order valence-electron chi connectivity index (χ0n) is 19.5. The summed E-state index contributed by atoms with van der Waals surface area (Å²) in [6.07, 6.45) is 0. The number of carbonyl (C=O) groups excluding carboxylic acids is 3. The molecule has 7 nitrogen and oxygen atoms in total. The fraction of sp³-hybridized carbons (Fsp3) is 0.280. The lowest BCUT2D eigenvalue weighted by Gasteiger charge is -2.36. The molecule has 36 heavy (non-hydrogen) atoms.